The number of para-hydroxylation sites is 1. The summed E-state index contributed by atoms with van der Waals surface area (Å²) in [5.41, 5.74) is 3.01. The number of ether oxygens (including phenoxy) is 3. The van der Waals surface area contributed by atoms with Crippen LogP contribution in [0.25, 0.3) is 0 Å². The van der Waals surface area contributed by atoms with E-state index in [0.29, 0.717) is 6.04 Å². The molecule has 3 aliphatic rings. The van der Waals surface area contributed by atoms with Crippen LogP contribution in [0.1, 0.15) is 50.3 Å². The number of piperidine rings is 1. The maximum Gasteiger partial charge on any atom is 0.208 e. The number of methoxy groups -OCH3 is 2. The Bertz CT molecular complexity index is 995. The lowest BCUT2D eigenvalue weighted by atomic mass is 9.90. The molecule has 2 aromatic carbocycles. The second-order valence-corrected chi connectivity index (χ2v) is 9.08. The molecule has 1 N–H and O–H groups in total. The van der Waals surface area contributed by atoms with E-state index in [0.717, 1.165) is 60.9 Å². The zero-order valence-corrected chi connectivity index (χ0v) is 18.9. The van der Waals surface area contributed by atoms with Crippen LogP contribution in [-0.2, 0) is 0 Å². The lowest BCUT2D eigenvalue weighted by molar-refractivity contribution is -0.929. The molecule has 0 unspecified atom stereocenters. The van der Waals surface area contributed by atoms with Crippen molar-refractivity contribution >= 4 is 5.71 Å². The van der Waals surface area contributed by atoms with Crippen LogP contribution in [0.2, 0.25) is 0 Å². The van der Waals surface area contributed by atoms with Crippen LogP contribution in [0.3, 0.4) is 0 Å². The first-order chi connectivity index (χ1) is 15.0. The Balaban J connectivity index is 1.52. The van der Waals surface area contributed by atoms with Gasteiger partial charge in [-0.15, -0.1) is 0 Å². The van der Waals surface area contributed by atoms with Crippen molar-refractivity contribution in [1.29, 1.82) is 0 Å². The summed E-state index contributed by atoms with van der Waals surface area (Å²) in [6, 6.07) is 15.4. The molecular weight excluding hydrogens is 390 g/mol. The molecule has 3 heterocycles. The SMILES string of the molecule is COc1ccc(C2=NN3[C@H](C2)c2ccccc2OC32CC[NH+](C(C)C)CC2)cc1OC. The predicted molar refractivity (Wildman–Crippen MR) is 120 cm³/mol. The van der Waals surface area contributed by atoms with Gasteiger partial charge >= 0.3 is 0 Å². The van der Waals surface area contributed by atoms with E-state index in [2.05, 4.69) is 49.2 Å². The van der Waals surface area contributed by atoms with E-state index in [4.69, 9.17) is 19.3 Å². The highest BCUT2D eigenvalue weighted by molar-refractivity contribution is 6.02. The van der Waals surface area contributed by atoms with Crippen molar-refractivity contribution < 1.29 is 19.1 Å². The molecule has 0 radical (unpaired) electrons. The molecule has 0 saturated carbocycles. The number of hydrogen-bond donors (Lipinski definition) is 1. The van der Waals surface area contributed by atoms with Crippen LogP contribution >= 0.6 is 0 Å². The number of rotatable bonds is 4. The zero-order valence-electron chi connectivity index (χ0n) is 18.9. The third kappa shape index (κ3) is 3.33. The van der Waals surface area contributed by atoms with Gasteiger partial charge in [-0.05, 0) is 38.1 Å². The summed E-state index contributed by atoms with van der Waals surface area (Å²) >= 11 is 0. The van der Waals surface area contributed by atoms with Crippen LogP contribution in [0, 0.1) is 0 Å². The van der Waals surface area contributed by atoms with Gasteiger partial charge in [-0.3, -0.25) is 0 Å². The Labute approximate surface area is 184 Å². The van der Waals surface area contributed by atoms with Gasteiger partial charge < -0.3 is 19.1 Å². The average molecular weight is 423 g/mol. The van der Waals surface area contributed by atoms with E-state index in [1.54, 1.807) is 19.1 Å². The number of hydrazone groups is 1. The molecule has 1 saturated heterocycles. The van der Waals surface area contributed by atoms with E-state index in [9.17, 15) is 0 Å². The highest BCUT2D eigenvalue weighted by atomic mass is 16.5. The number of nitrogens with zero attached hydrogens (tertiary/aromatic N) is 2. The molecule has 0 amide bonds. The Morgan fingerprint density at radius 3 is 2.52 bits per heavy atom. The topological polar surface area (TPSA) is 47.7 Å². The second-order valence-electron chi connectivity index (χ2n) is 9.08. The van der Waals surface area contributed by atoms with Crippen LogP contribution in [0.15, 0.2) is 47.6 Å². The summed E-state index contributed by atoms with van der Waals surface area (Å²) in [6.07, 6.45) is 2.82. The lowest BCUT2D eigenvalue weighted by Gasteiger charge is -2.50. The number of quaternary nitrogens is 1. The van der Waals surface area contributed by atoms with Crippen molar-refractivity contribution in [2.75, 3.05) is 27.3 Å². The summed E-state index contributed by atoms with van der Waals surface area (Å²) < 4.78 is 17.7. The third-order valence-corrected chi connectivity index (χ3v) is 7.11. The molecule has 5 rings (SSSR count). The molecule has 0 bridgehead atoms. The maximum absolute atomic E-state index is 6.73. The molecular formula is C25H32N3O3+. The summed E-state index contributed by atoms with van der Waals surface area (Å²) in [5.74, 6) is 2.48. The third-order valence-electron chi connectivity index (χ3n) is 7.11. The van der Waals surface area contributed by atoms with Crippen molar-refractivity contribution in [3.05, 3.63) is 53.6 Å². The van der Waals surface area contributed by atoms with E-state index in [-0.39, 0.29) is 11.8 Å². The smallest absolute Gasteiger partial charge is 0.208 e. The van der Waals surface area contributed by atoms with Gasteiger partial charge in [0.25, 0.3) is 0 Å². The van der Waals surface area contributed by atoms with Crippen molar-refractivity contribution in [3.8, 4) is 17.2 Å². The summed E-state index contributed by atoms with van der Waals surface area (Å²) in [6.45, 7) is 6.81. The van der Waals surface area contributed by atoms with Crippen LogP contribution in [0.4, 0.5) is 0 Å². The van der Waals surface area contributed by atoms with Gasteiger partial charge in [-0.2, -0.15) is 5.10 Å². The van der Waals surface area contributed by atoms with Gasteiger partial charge in [0, 0.05) is 17.5 Å². The number of hydrogen-bond acceptors (Lipinski definition) is 5. The van der Waals surface area contributed by atoms with Gasteiger partial charge in [0.15, 0.2) is 11.5 Å². The fourth-order valence-corrected chi connectivity index (χ4v) is 5.29. The van der Waals surface area contributed by atoms with Crippen LogP contribution in [0.5, 0.6) is 17.2 Å². The molecule has 1 fully saturated rings. The van der Waals surface area contributed by atoms with E-state index < -0.39 is 0 Å². The Morgan fingerprint density at radius 2 is 1.81 bits per heavy atom. The minimum absolute atomic E-state index is 0.202. The van der Waals surface area contributed by atoms with Crippen molar-refractivity contribution in [3.63, 3.8) is 0 Å². The Morgan fingerprint density at radius 1 is 1.06 bits per heavy atom. The number of nitrogens with one attached hydrogen (secondary N) is 1. The number of benzene rings is 2. The van der Waals surface area contributed by atoms with Gasteiger partial charge in [0.1, 0.15) is 5.75 Å². The molecule has 1 spiro atoms. The summed E-state index contributed by atoms with van der Waals surface area (Å²) in [7, 11) is 3.33. The monoisotopic (exact) mass is 422 g/mol. The molecule has 6 nitrogen and oxygen atoms in total. The minimum Gasteiger partial charge on any atom is -0.493 e. The largest absolute Gasteiger partial charge is 0.493 e. The average Bonchev–Trinajstić information content (AvgIpc) is 3.26. The Hall–Kier alpha value is -2.73. The van der Waals surface area contributed by atoms with Gasteiger partial charge in [-0.25, -0.2) is 5.01 Å². The highest BCUT2D eigenvalue weighted by Gasteiger charge is 2.53. The van der Waals surface area contributed by atoms with E-state index in [1.807, 2.05) is 12.1 Å². The zero-order chi connectivity index (χ0) is 21.6. The first-order valence-electron chi connectivity index (χ1n) is 11.3. The van der Waals surface area contributed by atoms with E-state index >= 15 is 0 Å². The normalized spacial score (nSPS) is 26.9. The summed E-state index contributed by atoms with van der Waals surface area (Å²) in [5, 5.41) is 7.45. The number of fused-ring (bicyclic) bond motifs is 4. The highest BCUT2D eigenvalue weighted by Crippen LogP contribution is 2.49. The molecule has 164 valence electrons. The van der Waals surface area contributed by atoms with Crippen LogP contribution < -0.4 is 19.1 Å². The molecule has 0 aromatic heterocycles. The Kier molecular flexibility index (Phi) is 5.05. The second kappa shape index (κ2) is 7.75. The molecule has 0 aliphatic carbocycles. The molecule has 1 atom stereocenters. The lowest BCUT2D eigenvalue weighted by Crippen LogP contribution is -3.16. The van der Waals surface area contributed by atoms with Gasteiger partial charge in [-0.1, -0.05) is 18.2 Å². The van der Waals surface area contributed by atoms with Crippen LogP contribution in [-0.4, -0.2) is 49.8 Å². The standard InChI is InChI=1S/C25H31N3O3/c1-17(2)27-13-11-25(12-14-27)28-21(19-7-5-6-8-22(19)31-25)16-20(26-28)18-9-10-23(29-3)24(15-18)30-4/h5-10,15,17,21H,11-14,16H2,1-4H3/p+1/t21-/m1/s1. The van der Waals surface area contributed by atoms with Crippen molar-refractivity contribution in [1.82, 2.24) is 5.01 Å². The van der Waals surface area contributed by atoms with Crippen molar-refractivity contribution in [2.45, 2.75) is 50.9 Å². The quantitative estimate of drug-likeness (QED) is 0.823. The molecule has 6 heteroatoms. The fraction of sp³-hybridized carbons (Fsp3) is 0.480. The van der Waals surface area contributed by atoms with Gasteiger partial charge in [0.05, 0.1) is 57.9 Å². The summed E-state index contributed by atoms with van der Waals surface area (Å²) in [4.78, 5) is 1.65. The first-order valence-corrected chi connectivity index (χ1v) is 11.3. The molecule has 2 aromatic rings. The molecule has 3 aliphatic heterocycles. The first kappa shape index (κ1) is 20.2. The minimum atomic E-state index is -0.365. The van der Waals surface area contributed by atoms with Gasteiger partial charge in [0.2, 0.25) is 5.72 Å². The van der Waals surface area contributed by atoms with Crippen molar-refractivity contribution in [2.24, 2.45) is 5.10 Å². The molecule has 31 heavy (non-hydrogen) atoms. The van der Waals surface area contributed by atoms with E-state index in [1.165, 1.54) is 5.56 Å². The maximum atomic E-state index is 6.73. The predicted octanol–water partition coefficient (Wildman–Crippen LogP) is 3.03. The number of likely N-dealkylation sites (tertiary alicyclic amines) is 1. The fourth-order valence-electron chi connectivity index (χ4n) is 5.29.